The summed E-state index contributed by atoms with van der Waals surface area (Å²) >= 11 is 17.2. The van der Waals surface area contributed by atoms with Crippen molar-refractivity contribution >= 4 is 55.8 Å². The predicted octanol–water partition coefficient (Wildman–Crippen LogP) is 3.30. The van der Waals surface area contributed by atoms with E-state index in [0.717, 1.165) is 4.31 Å². The summed E-state index contributed by atoms with van der Waals surface area (Å²) in [4.78, 5) is 11.3. The Kier molecular flexibility index (Phi) is 5.50. The number of carbonyl (C=O) groups excluding carboxylic acids is 1. The Bertz CT molecular complexity index is 589. The molecule has 0 aliphatic carbocycles. The number of anilines is 1. The molecule has 8 heteroatoms. The molecule has 1 atom stereocenters. The molecule has 106 valence electrons. The van der Waals surface area contributed by atoms with Crippen LogP contribution in [0.5, 0.6) is 0 Å². The fraction of sp³-hybridized carbons (Fsp3) is 0.364. The van der Waals surface area contributed by atoms with Gasteiger partial charge in [0.2, 0.25) is 15.3 Å². The van der Waals surface area contributed by atoms with E-state index in [2.05, 4.69) is 0 Å². The van der Waals surface area contributed by atoms with Gasteiger partial charge in [0.1, 0.15) is 6.04 Å². The van der Waals surface area contributed by atoms with Crippen molar-refractivity contribution in [2.24, 2.45) is 0 Å². The number of hydrogen-bond donors (Lipinski definition) is 0. The first-order valence-corrected chi connectivity index (χ1v) is 8.11. The molecule has 4 nitrogen and oxygen atoms in total. The Morgan fingerprint density at radius 1 is 1.37 bits per heavy atom. The molecule has 0 bridgehead atoms. The molecule has 0 fully saturated rings. The second kappa shape index (κ2) is 6.31. The summed E-state index contributed by atoms with van der Waals surface area (Å²) in [6.07, 6.45) is 0. The van der Waals surface area contributed by atoms with Crippen LogP contribution >= 0.6 is 34.8 Å². The highest BCUT2D eigenvalue weighted by Crippen LogP contribution is 2.32. The Morgan fingerprint density at radius 3 is 2.37 bits per heavy atom. The van der Waals surface area contributed by atoms with Crippen LogP contribution in [0.2, 0.25) is 10.0 Å². The van der Waals surface area contributed by atoms with Gasteiger partial charge >= 0.3 is 0 Å². The van der Waals surface area contributed by atoms with Gasteiger partial charge in [-0.25, -0.2) is 8.42 Å². The molecular weight excluding hydrogens is 333 g/mol. The van der Waals surface area contributed by atoms with Crippen LogP contribution in [0.15, 0.2) is 18.2 Å². The summed E-state index contributed by atoms with van der Waals surface area (Å²) in [6.45, 7) is 2.87. The predicted molar refractivity (Wildman–Crippen MR) is 78.7 cm³/mol. The van der Waals surface area contributed by atoms with Crippen molar-refractivity contribution in [2.45, 2.75) is 19.9 Å². The zero-order valence-electron chi connectivity index (χ0n) is 10.2. The van der Waals surface area contributed by atoms with E-state index >= 15 is 0 Å². The van der Waals surface area contributed by atoms with Crippen LogP contribution in [0.1, 0.15) is 13.8 Å². The summed E-state index contributed by atoms with van der Waals surface area (Å²) in [5.41, 5.74) is 0.175. The van der Waals surface area contributed by atoms with Crippen molar-refractivity contribution in [1.29, 1.82) is 0 Å². The van der Waals surface area contributed by atoms with Crippen LogP contribution in [-0.2, 0) is 14.8 Å². The van der Waals surface area contributed by atoms with E-state index in [1.165, 1.54) is 32.0 Å². The second-order valence-corrected chi connectivity index (χ2v) is 7.12. The van der Waals surface area contributed by atoms with Crippen molar-refractivity contribution in [1.82, 2.24) is 0 Å². The highest BCUT2D eigenvalue weighted by Gasteiger charge is 2.31. The first-order chi connectivity index (χ1) is 8.70. The van der Waals surface area contributed by atoms with Gasteiger partial charge in [0, 0.05) is 5.02 Å². The first kappa shape index (κ1) is 16.6. The van der Waals surface area contributed by atoms with Crippen LogP contribution in [0.25, 0.3) is 0 Å². The van der Waals surface area contributed by atoms with E-state index in [-0.39, 0.29) is 16.5 Å². The van der Waals surface area contributed by atoms with Crippen molar-refractivity contribution in [3.05, 3.63) is 28.2 Å². The molecule has 1 unspecified atom stereocenters. The van der Waals surface area contributed by atoms with Crippen molar-refractivity contribution in [3.8, 4) is 0 Å². The Morgan fingerprint density at radius 2 is 1.95 bits per heavy atom. The van der Waals surface area contributed by atoms with Crippen LogP contribution in [0, 0.1) is 0 Å². The van der Waals surface area contributed by atoms with E-state index in [4.69, 9.17) is 34.8 Å². The molecule has 1 rings (SSSR count). The van der Waals surface area contributed by atoms with Gasteiger partial charge in [-0.1, -0.05) is 23.2 Å². The Labute approximate surface area is 127 Å². The molecule has 0 N–H and O–H groups in total. The zero-order valence-corrected chi connectivity index (χ0v) is 13.3. The van der Waals surface area contributed by atoms with Gasteiger partial charge in [-0.2, -0.15) is 0 Å². The lowest BCUT2D eigenvalue weighted by Crippen LogP contribution is -2.43. The highest BCUT2D eigenvalue weighted by molar-refractivity contribution is 7.92. The summed E-state index contributed by atoms with van der Waals surface area (Å²) in [7, 11) is -3.69. The number of rotatable bonds is 5. The molecule has 0 radical (unpaired) electrons. The quantitative estimate of drug-likeness (QED) is 0.770. The summed E-state index contributed by atoms with van der Waals surface area (Å²) in [5, 5.41) is -0.287. The van der Waals surface area contributed by atoms with Crippen LogP contribution in [-0.4, -0.2) is 25.5 Å². The number of sulfonamides is 1. The molecule has 0 amide bonds. The molecule has 0 saturated carbocycles. The fourth-order valence-electron chi connectivity index (χ4n) is 1.49. The summed E-state index contributed by atoms with van der Waals surface area (Å²) in [5.74, 6) is -0.180. The third kappa shape index (κ3) is 3.75. The van der Waals surface area contributed by atoms with E-state index in [1.807, 2.05) is 0 Å². The number of carbonyl (C=O) groups is 1. The van der Waals surface area contributed by atoms with Gasteiger partial charge in [-0.05, 0) is 43.6 Å². The summed E-state index contributed by atoms with van der Waals surface area (Å²) < 4.78 is 25.1. The minimum absolute atomic E-state index is 0.134. The fourth-order valence-corrected chi connectivity index (χ4v) is 3.51. The molecule has 0 spiro atoms. The Hall–Kier alpha value is -0.490. The van der Waals surface area contributed by atoms with Crippen molar-refractivity contribution in [3.63, 3.8) is 0 Å². The minimum atomic E-state index is -3.69. The normalized spacial score (nSPS) is 13.1. The molecule has 0 saturated heterocycles. The molecular formula is C11H12Cl3NO3S. The Balaban J connectivity index is 3.44. The maximum atomic E-state index is 12.1. The molecule has 19 heavy (non-hydrogen) atoms. The topological polar surface area (TPSA) is 54.5 Å². The van der Waals surface area contributed by atoms with Crippen LogP contribution in [0.4, 0.5) is 5.69 Å². The van der Waals surface area contributed by atoms with Gasteiger partial charge in [-0.15, -0.1) is 0 Å². The molecule has 0 aliphatic rings. The van der Waals surface area contributed by atoms with Gasteiger partial charge in [-0.3, -0.25) is 9.10 Å². The van der Waals surface area contributed by atoms with Gasteiger partial charge in [0.15, 0.2) is 0 Å². The van der Waals surface area contributed by atoms with Crippen molar-refractivity contribution in [2.75, 3.05) is 10.1 Å². The van der Waals surface area contributed by atoms with E-state index in [0.29, 0.717) is 5.02 Å². The third-order valence-electron chi connectivity index (χ3n) is 2.49. The summed E-state index contributed by atoms with van der Waals surface area (Å²) in [6, 6.07) is 3.29. The number of hydrogen-bond acceptors (Lipinski definition) is 3. The van der Waals surface area contributed by atoms with E-state index in [1.54, 1.807) is 0 Å². The van der Waals surface area contributed by atoms with Gasteiger partial charge in [0.25, 0.3) is 0 Å². The van der Waals surface area contributed by atoms with Gasteiger partial charge in [0.05, 0.1) is 16.5 Å². The highest BCUT2D eigenvalue weighted by atomic mass is 35.5. The van der Waals surface area contributed by atoms with Crippen LogP contribution in [0.3, 0.4) is 0 Å². The van der Waals surface area contributed by atoms with E-state index in [9.17, 15) is 13.2 Å². The van der Waals surface area contributed by atoms with Gasteiger partial charge < -0.3 is 0 Å². The lowest BCUT2D eigenvalue weighted by Gasteiger charge is -2.28. The average molecular weight is 345 g/mol. The molecule has 1 aromatic rings. The largest absolute Gasteiger partial charge is 0.279 e. The minimum Gasteiger partial charge on any atom is -0.279 e. The number of benzene rings is 1. The monoisotopic (exact) mass is 343 g/mol. The zero-order chi connectivity index (χ0) is 14.8. The smallest absolute Gasteiger partial charge is 0.245 e. The maximum absolute atomic E-state index is 12.1. The van der Waals surface area contributed by atoms with Crippen molar-refractivity contribution < 1.29 is 13.2 Å². The maximum Gasteiger partial charge on any atom is 0.245 e. The molecule has 0 aliphatic heterocycles. The first-order valence-electron chi connectivity index (χ1n) is 5.37. The lowest BCUT2D eigenvalue weighted by molar-refractivity contribution is -0.112. The molecule has 1 aromatic carbocycles. The molecule has 0 heterocycles. The number of nitrogens with zero attached hydrogens (tertiary/aromatic N) is 1. The SMILES string of the molecule is CCS(=O)(=O)N(c1ccc(Cl)cc1Cl)C(C)C(=O)Cl. The third-order valence-corrected chi connectivity index (χ3v) is 5.19. The average Bonchev–Trinajstić information content (AvgIpc) is 2.31. The number of halogens is 3. The second-order valence-electron chi connectivity index (χ2n) is 3.77. The van der Waals surface area contributed by atoms with E-state index < -0.39 is 21.3 Å². The lowest BCUT2D eigenvalue weighted by atomic mass is 10.3. The molecule has 0 aromatic heterocycles. The standard InChI is InChI=1S/C11H12Cl3NO3S/c1-3-19(17,18)15(7(2)11(14)16)10-5-4-8(12)6-9(10)13/h4-7H,3H2,1-2H3. The van der Waals surface area contributed by atoms with Crippen LogP contribution < -0.4 is 4.31 Å².